The summed E-state index contributed by atoms with van der Waals surface area (Å²) in [4.78, 5) is 46.2. The van der Waals surface area contributed by atoms with Crippen LogP contribution in [0.3, 0.4) is 0 Å². The number of unbranched alkanes of at least 4 members (excludes halogenated alkanes) is 3. The zero-order chi connectivity index (χ0) is 39.3. The third-order valence-electron chi connectivity index (χ3n) is 9.26. The molecule has 1 aliphatic rings. The number of anilines is 2. The molecule has 1 heterocycles. The molecule has 12 heteroatoms. The number of carbonyl (C=O) groups excluding carboxylic acids is 3. The number of nitrogens with two attached hydrogens (primary N) is 1. The number of hydrogen-bond donors (Lipinski definition) is 2. The summed E-state index contributed by atoms with van der Waals surface area (Å²) in [5, 5.41) is 2.70. The second-order valence-corrected chi connectivity index (χ2v) is 14.8. The monoisotopic (exact) mass is 745 g/mol. The van der Waals surface area contributed by atoms with Crippen molar-refractivity contribution in [2.45, 2.75) is 65.4 Å². The molecule has 0 spiro atoms. The van der Waals surface area contributed by atoms with E-state index >= 15 is 0 Å². The molecule has 4 rings (SSSR count). The number of nitrogens with zero attached hydrogens (tertiary/aromatic N) is 3. The lowest BCUT2D eigenvalue weighted by Crippen LogP contribution is -2.44. The number of ether oxygens (including phenoxy) is 4. The number of nitrogen functional groups attached to an aromatic ring is 1. The highest BCUT2D eigenvalue weighted by molar-refractivity contribution is 6.16. The van der Waals surface area contributed by atoms with Gasteiger partial charge in [0.05, 0.1) is 48.4 Å². The zero-order valence-electron chi connectivity index (χ0n) is 33.2. The summed E-state index contributed by atoms with van der Waals surface area (Å²) in [6.07, 6.45) is 4.33. The Kier molecular flexibility index (Phi) is 15.6. The highest BCUT2D eigenvalue weighted by Crippen LogP contribution is 2.36. The number of likely N-dealkylation sites (N-methyl/N-ethyl adjacent to an activating group) is 1. The maximum atomic E-state index is 13.9. The highest BCUT2D eigenvalue weighted by atomic mass is 16.6. The Labute approximate surface area is 320 Å². The first-order valence-corrected chi connectivity index (χ1v) is 18.9. The van der Waals surface area contributed by atoms with Crippen LogP contribution in [0.5, 0.6) is 17.2 Å². The molecule has 0 atom stereocenters. The number of para-hydroxylation sites is 1. The summed E-state index contributed by atoms with van der Waals surface area (Å²) in [5.74, 6) is 0.354. The van der Waals surface area contributed by atoms with Crippen molar-refractivity contribution >= 4 is 29.2 Å². The maximum Gasteiger partial charge on any atom is 0.407 e. The lowest BCUT2D eigenvalue weighted by atomic mass is 9.98. The maximum absolute atomic E-state index is 13.9. The van der Waals surface area contributed by atoms with E-state index in [1.54, 1.807) is 64.2 Å². The van der Waals surface area contributed by atoms with Gasteiger partial charge in [-0.1, -0.05) is 31.0 Å². The van der Waals surface area contributed by atoms with Gasteiger partial charge in [-0.3, -0.25) is 9.59 Å². The van der Waals surface area contributed by atoms with Gasteiger partial charge in [0.15, 0.2) is 5.75 Å². The minimum Gasteiger partial charge on any atom is -0.494 e. The molecule has 1 saturated heterocycles. The number of ketones is 1. The van der Waals surface area contributed by atoms with Crippen LogP contribution < -0.4 is 30.2 Å². The third-order valence-corrected chi connectivity index (χ3v) is 9.26. The van der Waals surface area contributed by atoms with Gasteiger partial charge in [0.25, 0.3) is 5.91 Å². The number of hydrogen-bond acceptors (Lipinski definition) is 10. The number of nitrogens with one attached hydrogen (secondary N) is 1. The van der Waals surface area contributed by atoms with Crippen molar-refractivity contribution in [3.05, 3.63) is 76.9 Å². The molecular weight excluding hydrogens is 686 g/mol. The van der Waals surface area contributed by atoms with Gasteiger partial charge in [0, 0.05) is 39.8 Å². The first kappa shape index (κ1) is 41.9. The first-order valence-electron chi connectivity index (χ1n) is 18.9. The van der Waals surface area contributed by atoms with E-state index < -0.39 is 11.7 Å². The quantitative estimate of drug-likeness (QED) is 0.0836. The van der Waals surface area contributed by atoms with E-state index in [0.717, 1.165) is 57.5 Å². The Morgan fingerprint density at radius 1 is 0.833 bits per heavy atom. The summed E-state index contributed by atoms with van der Waals surface area (Å²) in [7, 11) is 5.27. The van der Waals surface area contributed by atoms with Crippen LogP contribution in [0.15, 0.2) is 54.6 Å². The molecule has 1 aliphatic heterocycles. The SMILES string of the molecule is COc1c(C(=O)c2ccccc2OCCCNC(=O)OC(C)(C)C)ccc(C(=O)N(C)c2ccc(C)cc2OCCCCCCN2CCN(C)CC2)c1N. The average molecular weight is 746 g/mol. The fourth-order valence-corrected chi connectivity index (χ4v) is 6.22. The van der Waals surface area contributed by atoms with Crippen LogP contribution in [-0.2, 0) is 4.74 Å². The molecule has 294 valence electrons. The van der Waals surface area contributed by atoms with Crippen LogP contribution in [0, 0.1) is 6.92 Å². The van der Waals surface area contributed by atoms with E-state index in [2.05, 4.69) is 22.2 Å². The van der Waals surface area contributed by atoms with Crippen LogP contribution >= 0.6 is 0 Å². The number of amides is 2. The molecule has 1 fully saturated rings. The molecule has 0 bridgehead atoms. The van der Waals surface area contributed by atoms with E-state index in [0.29, 0.717) is 42.3 Å². The summed E-state index contributed by atoms with van der Waals surface area (Å²) < 4.78 is 23.1. The molecule has 0 aromatic heterocycles. The van der Waals surface area contributed by atoms with Gasteiger partial charge in [0.1, 0.15) is 17.1 Å². The van der Waals surface area contributed by atoms with E-state index in [-0.39, 0.29) is 40.9 Å². The second-order valence-electron chi connectivity index (χ2n) is 14.8. The van der Waals surface area contributed by atoms with Crippen molar-refractivity contribution in [3.8, 4) is 17.2 Å². The minimum absolute atomic E-state index is 0.0537. The lowest BCUT2D eigenvalue weighted by Gasteiger charge is -2.32. The van der Waals surface area contributed by atoms with Gasteiger partial charge in [-0.2, -0.15) is 0 Å². The molecule has 2 amide bonds. The number of methoxy groups -OCH3 is 1. The first-order chi connectivity index (χ1) is 25.8. The number of rotatable bonds is 18. The molecule has 0 radical (unpaired) electrons. The van der Waals surface area contributed by atoms with Gasteiger partial charge < -0.3 is 44.7 Å². The molecular formula is C42H59N5O7. The van der Waals surface area contributed by atoms with Crippen molar-refractivity contribution in [2.24, 2.45) is 0 Å². The number of alkyl carbamates (subject to hydrolysis) is 1. The summed E-state index contributed by atoms with van der Waals surface area (Å²) in [6, 6.07) is 15.7. The van der Waals surface area contributed by atoms with E-state index in [1.165, 1.54) is 18.4 Å². The van der Waals surface area contributed by atoms with E-state index in [1.807, 2.05) is 25.1 Å². The second kappa shape index (κ2) is 20.0. The Balaban J connectivity index is 1.37. The van der Waals surface area contributed by atoms with Crippen LogP contribution in [0.4, 0.5) is 16.2 Å². The van der Waals surface area contributed by atoms with Crippen molar-refractivity contribution in [1.82, 2.24) is 15.1 Å². The van der Waals surface area contributed by atoms with Gasteiger partial charge in [-0.05, 0) is 103 Å². The Morgan fingerprint density at radius 3 is 2.22 bits per heavy atom. The fraction of sp³-hybridized carbons (Fsp3) is 0.500. The molecule has 3 aromatic rings. The normalized spacial score (nSPS) is 13.6. The highest BCUT2D eigenvalue weighted by Gasteiger charge is 2.26. The number of benzene rings is 3. The molecule has 12 nitrogen and oxygen atoms in total. The summed E-state index contributed by atoms with van der Waals surface area (Å²) >= 11 is 0. The van der Waals surface area contributed by atoms with Crippen molar-refractivity contribution in [1.29, 1.82) is 0 Å². The van der Waals surface area contributed by atoms with Crippen LogP contribution in [-0.4, -0.2) is 107 Å². The fourth-order valence-electron chi connectivity index (χ4n) is 6.22. The van der Waals surface area contributed by atoms with Crippen LogP contribution in [0.1, 0.15) is 84.7 Å². The topological polar surface area (TPSA) is 136 Å². The van der Waals surface area contributed by atoms with Crippen molar-refractivity contribution < 1.29 is 33.3 Å². The Hall–Kier alpha value is -4.81. The summed E-state index contributed by atoms with van der Waals surface area (Å²) in [6.45, 7) is 14.2. The standard InChI is InChI=1S/C42H59N5O7/c1-30-17-20-34(36(29-30)53-27-13-9-8-12-22-47-25-23-45(5)24-26-47)46(6)40(49)32-18-19-33(39(51-7)37(32)43)38(48)31-15-10-11-16-35(31)52-28-14-21-44-41(50)54-42(2,3)4/h10-11,15-20,29H,8-9,12-14,21-28,43H2,1-7H3,(H,44,50). The molecule has 54 heavy (non-hydrogen) atoms. The molecule has 0 aliphatic carbocycles. The predicted molar refractivity (Wildman–Crippen MR) is 213 cm³/mol. The minimum atomic E-state index is -0.588. The average Bonchev–Trinajstić information content (AvgIpc) is 3.13. The Bertz CT molecular complexity index is 1720. The molecule has 0 saturated carbocycles. The number of carbonyl (C=O) groups is 3. The van der Waals surface area contributed by atoms with E-state index in [9.17, 15) is 14.4 Å². The van der Waals surface area contributed by atoms with Gasteiger partial charge in [-0.15, -0.1) is 0 Å². The molecule has 3 N–H and O–H groups in total. The zero-order valence-corrected chi connectivity index (χ0v) is 33.2. The van der Waals surface area contributed by atoms with Crippen molar-refractivity contribution in [2.75, 3.05) is 84.3 Å². The van der Waals surface area contributed by atoms with Crippen molar-refractivity contribution in [3.63, 3.8) is 0 Å². The third kappa shape index (κ3) is 12.1. The predicted octanol–water partition coefficient (Wildman–Crippen LogP) is 6.57. The summed E-state index contributed by atoms with van der Waals surface area (Å²) in [5.41, 5.74) is 8.36. The van der Waals surface area contributed by atoms with Crippen LogP contribution in [0.2, 0.25) is 0 Å². The van der Waals surface area contributed by atoms with E-state index in [4.69, 9.17) is 24.7 Å². The largest absolute Gasteiger partial charge is 0.494 e. The van der Waals surface area contributed by atoms with Gasteiger partial charge >= 0.3 is 6.09 Å². The van der Waals surface area contributed by atoms with Crippen LogP contribution in [0.25, 0.3) is 0 Å². The smallest absolute Gasteiger partial charge is 0.407 e. The molecule has 0 unspecified atom stereocenters. The van der Waals surface area contributed by atoms with Gasteiger partial charge in [-0.25, -0.2) is 4.79 Å². The van der Waals surface area contributed by atoms with Gasteiger partial charge in [0.2, 0.25) is 5.78 Å². The number of piperazine rings is 1. The lowest BCUT2D eigenvalue weighted by molar-refractivity contribution is 0.0525. The Morgan fingerprint density at radius 2 is 1.50 bits per heavy atom. The molecule has 3 aromatic carbocycles. The number of aryl methyl sites for hydroxylation is 1.